The van der Waals surface area contributed by atoms with Crippen molar-refractivity contribution in [3.63, 3.8) is 0 Å². The molecule has 1 atom stereocenters. The van der Waals surface area contributed by atoms with Crippen LogP contribution in [-0.4, -0.2) is 56.4 Å². The number of amides is 1. The van der Waals surface area contributed by atoms with E-state index in [4.69, 9.17) is 0 Å². The molecule has 1 saturated heterocycles. The lowest BCUT2D eigenvalue weighted by molar-refractivity contribution is 0.166. The van der Waals surface area contributed by atoms with Crippen LogP contribution < -0.4 is 10.6 Å². The van der Waals surface area contributed by atoms with E-state index in [9.17, 15) is 4.79 Å². The molecule has 1 amide bonds. The third-order valence-electron chi connectivity index (χ3n) is 2.99. The first-order chi connectivity index (χ1) is 8.51. The minimum Gasteiger partial charge on any atom is -0.453 e. The first-order valence-electron chi connectivity index (χ1n) is 6.48. The highest BCUT2D eigenvalue weighted by Crippen LogP contribution is 2.10. The van der Waals surface area contributed by atoms with Gasteiger partial charge in [0.05, 0.1) is 7.11 Å². The highest BCUT2D eigenvalue weighted by molar-refractivity contribution is 5.67. The zero-order chi connectivity index (χ0) is 13.5. The number of alkyl carbamates (subject to hydrolysis) is 1. The fraction of sp³-hybridized carbons (Fsp3) is 0.769. The number of nitrogens with one attached hydrogen (secondary N) is 2. The van der Waals surface area contributed by atoms with E-state index in [-0.39, 0.29) is 12.1 Å². The maximum atomic E-state index is 11.1. The summed E-state index contributed by atoms with van der Waals surface area (Å²) in [6.45, 7) is 11.9. The summed E-state index contributed by atoms with van der Waals surface area (Å²) in [5.74, 6) is 0. The van der Waals surface area contributed by atoms with Crippen LogP contribution in [0.15, 0.2) is 12.2 Å². The Labute approximate surface area is 110 Å². The summed E-state index contributed by atoms with van der Waals surface area (Å²) in [4.78, 5) is 13.4. The quantitative estimate of drug-likeness (QED) is 0.695. The number of carbonyl (C=O) groups is 1. The molecule has 1 unspecified atom stereocenters. The summed E-state index contributed by atoms with van der Waals surface area (Å²) < 4.78 is 4.60. The number of methoxy groups -OCH3 is 1. The molecule has 0 aliphatic carbocycles. The lowest BCUT2D eigenvalue weighted by atomic mass is 10.2. The Kier molecular flexibility index (Phi) is 6.15. The van der Waals surface area contributed by atoms with E-state index in [1.54, 1.807) is 0 Å². The van der Waals surface area contributed by atoms with Gasteiger partial charge in [-0.3, -0.25) is 4.90 Å². The molecule has 5 heteroatoms. The molecule has 0 aromatic carbocycles. The van der Waals surface area contributed by atoms with Crippen molar-refractivity contribution in [3.05, 3.63) is 12.2 Å². The van der Waals surface area contributed by atoms with Gasteiger partial charge in [-0.25, -0.2) is 4.79 Å². The van der Waals surface area contributed by atoms with E-state index in [1.165, 1.54) is 12.7 Å². The number of hydrogen-bond donors (Lipinski definition) is 2. The third-order valence-corrected chi connectivity index (χ3v) is 2.99. The average Bonchev–Trinajstić information content (AvgIpc) is 2.73. The van der Waals surface area contributed by atoms with Gasteiger partial charge in [-0.1, -0.05) is 20.4 Å². The Bertz CT molecular complexity index is 292. The van der Waals surface area contributed by atoms with Gasteiger partial charge < -0.3 is 15.4 Å². The maximum absolute atomic E-state index is 11.1. The molecular formula is C13H25N3O2. The lowest BCUT2D eigenvalue weighted by Crippen LogP contribution is -2.37. The van der Waals surface area contributed by atoms with Crippen LogP contribution in [0.1, 0.15) is 20.3 Å². The molecule has 1 rings (SSSR count). The van der Waals surface area contributed by atoms with Crippen molar-refractivity contribution in [3.8, 4) is 0 Å². The second-order valence-corrected chi connectivity index (χ2v) is 5.14. The van der Waals surface area contributed by atoms with Crippen molar-refractivity contribution >= 4 is 6.09 Å². The van der Waals surface area contributed by atoms with Crippen molar-refractivity contribution in [2.24, 2.45) is 0 Å². The molecule has 0 radical (unpaired) electrons. The predicted octanol–water partition coefficient (Wildman–Crippen LogP) is 0.971. The third kappa shape index (κ3) is 5.51. The fourth-order valence-corrected chi connectivity index (χ4v) is 2.04. The standard InChI is InChI=1S/C13H25N3O2/c1-10(2)14-7-11(3)8-16-6-5-12(9-16)15-13(17)18-4/h10,12,14H,3,5-9H2,1-2,4H3,(H,15,17). The second kappa shape index (κ2) is 7.38. The van der Waals surface area contributed by atoms with E-state index in [0.717, 1.165) is 32.6 Å². The van der Waals surface area contributed by atoms with Gasteiger partial charge in [0, 0.05) is 38.3 Å². The molecule has 5 nitrogen and oxygen atoms in total. The normalized spacial score (nSPS) is 20.1. The minimum atomic E-state index is -0.345. The van der Waals surface area contributed by atoms with Crippen molar-refractivity contribution in [1.29, 1.82) is 0 Å². The molecule has 104 valence electrons. The van der Waals surface area contributed by atoms with Crippen LogP contribution in [0.3, 0.4) is 0 Å². The number of hydrogen-bond acceptors (Lipinski definition) is 4. The van der Waals surface area contributed by atoms with Crippen LogP contribution in [0.25, 0.3) is 0 Å². The molecule has 0 spiro atoms. The zero-order valence-corrected chi connectivity index (χ0v) is 11.7. The van der Waals surface area contributed by atoms with Crippen molar-refractivity contribution < 1.29 is 9.53 Å². The Balaban J connectivity index is 2.21. The predicted molar refractivity (Wildman–Crippen MR) is 72.7 cm³/mol. The van der Waals surface area contributed by atoms with E-state index >= 15 is 0 Å². The Morgan fingerprint density at radius 1 is 1.56 bits per heavy atom. The molecule has 1 heterocycles. The molecule has 0 aromatic heterocycles. The molecule has 18 heavy (non-hydrogen) atoms. The molecule has 0 bridgehead atoms. The lowest BCUT2D eigenvalue weighted by Gasteiger charge is -2.18. The maximum Gasteiger partial charge on any atom is 0.407 e. The zero-order valence-electron chi connectivity index (χ0n) is 11.7. The highest BCUT2D eigenvalue weighted by atomic mass is 16.5. The Morgan fingerprint density at radius 2 is 2.28 bits per heavy atom. The second-order valence-electron chi connectivity index (χ2n) is 5.14. The number of ether oxygens (including phenoxy) is 1. The van der Waals surface area contributed by atoms with Gasteiger partial charge in [-0.05, 0) is 12.0 Å². The van der Waals surface area contributed by atoms with E-state index < -0.39 is 0 Å². The van der Waals surface area contributed by atoms with Crippen LogP contribution in [-0.2, 0) is 4.74 Å². The van der Waals surface area contributed by atoms with Gasteiger partial charge in [0.25, 0.3) is 0 Å². The van der Waals surface area contributed by atoms with Crippen molar-refractivity contribution in [1.82, 2.24) is 15.5 Å². The minimum absolute atomic E-state index is 0.198. The monoisotopic (exact) mass is 255 g/mol. The molecule has 2 N–H and O–H groups in total. The van der Waals surface area contributed by atoms with Crippen LogP contribution in [0.2, 0.25) is 0 Å². The van der Waals surface area contributed by atoms with Gasteiger partial charge in [0.1, 0.15) is 0 Å². The molecular weight excluding hydrogens is 230 g/mol. The van der Waals surface area contributed by atoms with E-state index in [0.29, 0.717) is 6.04 Å². The number of nitrogens with zero attached hydrogens (tertiary/aromatic N) is 1. The average molecular weight is 255 g/mol. The fourth-order valence-electron chi connectivity index (χ4n) is 2.04. The topological polar surface area (TPSA) is 53.6 Å². The number of rotatable bonds is 6. The van der Waals surface area contributed by atoms with Crippen LogP contribution >= 0.6 is 0 Å². The number of carbonyl (C=O) groups excluding carboxylic acids is 1. The summed E-state index contributed by atoms with van der Waals surface area (Å²) in [7, 11) is 1.39. The molecule has 0 aromatic rings. The van der Waals surface area contributed by atoms with Crippen LogP contribution in [0.5, 0.6) is 0 Å². The van der Waals surface area contributed by atoms with Gasteiger partial charge in [0.2, 0.25) is 0 Å². The molecule has 1 aliphatic heterocycles. The van der Waals surface area contributed by atoms with Crippen molar-refractivity contribution in [2.45, 2.75) is 32.4 Å². The van der Waals surface area contributed by atoms with E-state index in [2.05, 4.69) is 40.7 Å². The summed E-state index contributed by atoms with van der Waals surface area (Å²) >= 11 is 0. The van der Waals surface area contributed by atoms with Gasteiger partial charge in [-0.2, -0.15) is 0 Å². The highest BCUT2D eigenvalue weighted by Gasteiger charge is 2.24. The van der Waals surface area contributed by atoms with Crippen LogP contribution in [0, 0.1) is 0 Å². The Morgan fingerprint density at radius 3 is 2.89 bits per heavy atom. The molecule has 1 aliphatic rings. The summed E-state index contributed by atoms with van der Waals surface area (Å²) in [5, 5.41) is 6.19. The summed E-state index contributed by atoms with van der Waals surface area (Å²) in [6.07, 6.45) is 0.627. The van der Waals surface area contributed by atoms with Gasteiger partial charge in [0.15, 0.2) is 0 Å². The first-order valence-corrected chi connectivity index (χ1v) is 6.48. The molecule has 0 saturated carbocycles. The number of likely N-dealkylation sites (tertiary alicyclic amines) is 1. The van der Waals surface area contributed by atoms with Crippen LogP contribution in [0.4, 0.5) is 4.79 Å². The van der Waals surface area contributed by atoms with Crippen molar-refractivity contribution in [2.75, 3.05) is 33.3 Å². The van der Waals surface area contributed by atoms with Gasteiger partial charge in [-0.15, -0.1) is 0 Å². The Hall–Kier alpha value is -1.07. The van der Waals surface area contributed by atoms with Gasteiger partial charge >= 0.3 is 6.09 Å². The smallest absolute Gasteiger partial charge is 0.407 e. The summed E-state index contributed by atoms with van der Waals surface area (Å²) in [6, 6.07) is 0.678. The first kappa shape index (κ1) is 15.0. The largest absolute Gasteiger partial charge is 0.453 e. The van der Waals surface area contributed by atoms with E-state index in [1.807, 2.05) is 0 Å². The summed E-state index contributed by atoms with van der Waals surface area (Å²) in [5.41, 5.74) is 1.18. The molecule has 1 fully saturated rings. The SMILES string of the molecule is C=C(CNC(C)C)CN1CCC(NC(=O)OC)C1.